The van der Waals surface area contributed by atoms with E-state index < -0.39 is 0 Å². The van der Waals surface area contributed by atoms with Crippen LogP contribution in [0.4, 0.5) is 0 Å². The highest BCUT2D eigenvalue weighted by atomic mass is 16.5. The molecule has 0 radical (unpaired) electrons. The van der Waals surface area contributed by atoms with E-state index in [-0.39, 0.29) is 12.5 Å². The van der Waals surface area contributed by atoms with Crippen molar-refractivity contribution < 1.29 is 9.53 Å². The van der Waals surface area contributed by atoms with Crippen molar-refractivity contribution in [2.75, 3.05) is 6.61 Å². The molecule has 0 bridgehead atoms. The molecule has 0 heterocycles. The first-order valence-electron chi connectivity index (χ1n) is 6.65. The largest absolute Gasteiger partial charge is 0.367 e. The van der Waals surface area contributed by atoms with Gasteiger partial charge in [-0.3, -0.25) is 4.79 Å². The van der Waals surface area contributed by atoms with E-state index in [1.54, 1.807) is 18.2 Å². The highest BCUT2D eigenvalue weighted by Crippen LogP contribution is 2.04. The van der Waals surface area contributed by atoms with Crippen LogP contribution in [0.3, 0.4) is 0 Å². The fraction of sp³-hybridized carbons (Fsp3) is 0.176. The lowest BCUT2D eigenvalue weighted by atomic mass is 10.1. The molecule has 21 heavy (non-hydrogen) atoms. The monoisotopic (exact) mass is 280 g/mol. The molecule has 2 aromatic rings. The molecule has 0 saturated carbocycles. The van der Waals surface area contributed by atoms with Crippen LogP contribution in [0.5, 0.6) is 0 Å². The van der Waals surface area contributed by atoms with Crippen molar-refractivity contribution in [2.24, 2.45) is 0 Å². The van der Waals surface area contributed by atoms with E-state index in [4.69, 9.17) is 10.00 Å². The number of nitrogens with zero attached hydrogens (tertiary/aromatic N) is 1. The van der Waals surface area contributed by atoms with Crippen LogP contribution < -0.4 is 5.32 Å². The summed E-state index contributed by atoms with van der Waals surface area (Å²) in [6.07, 6.45) is 0. The van der Waals surface area contributed by atoms with Crippen molar-refractivity contribution in [1.29, 1.82) is 5.26 Å². The second-order valence-electron chi connectivity index (χ2n) is 4.57. The van der Waals surface area contributed by atoms with Crippen molar-refractivity contribution in [3.63, 3.8) is 0 Å². The minimum atomic E-state index is -0.173. The first kappa shape index (κ1) is 14.8. The molecular formula is C17H16N2O2. The molecule has 2 aromatic carbocycles. The number of nitriles is 1. The zero-order valence-electron chi connectivity index (χ0n) is 11.6. The molecule has 0 fully saturated rings. The Balaban J connectivity index is 1.71. The second-order valence-corrected chi connectivity index (χ2v) is 4.57. The van der Waals surface area contributed by atoms with Gasteiger partial charge in [-0.1, -0.05) is 42.5 Å². The van der Waals surface area contributed by atoms with E-state index in [1.165, 1.54) is 0 Å². The van der Waals surface area contributed by atoms with Crippen LogP contribution in [0.1, 0.15) is 16.7 Å². The lowest BCUT2D eigenvalue weighted by Crippen LogP contribution is -2.27. The Kier molecular flexibility index (Phi) is 5.50. The zero-order chi connectivity index (χ0) is 14.9. The van der Waals surface area contributed by atoms with E-state index in [0.717, 1.165) is 11.1 Å². The first-order valence-corrected chi connectivity index (χ1v) is 6.65. The number of hydrogen-bond acceptors (Lipinski definition) is 3. The molecule has 0 aliphatic rings. The lowest BCUT2D eigenvalue weighted by Gasteiger charge is -2.07. The third-order valence-corrected chi connectivity index (χ3v) is 2.89. The van der Waals surface area contributed by atoms with E-state index >= 15 is 0 Å². The van der Waals surface area contributed by atoms with E-state index in [0.29, 0.717) is 18.7 Å². The molecule has 0 spiro atoms. The lowest BCUT2D eigenvalue weighted by molar-refractivity contribution is -0.126. The number of benzene rings is 2. The van der Waals surface area contributed by atoms with Crippen LogP contribution in [0.25, 0.3) is 0 Å². The number of nitrogens with one attached hydrogen (secondary N) is 1. The van der Waals surface area contributed by atoms with Crippen molar-refractivity contribution in [1.82, 2.24) is 5.32 Å². The predicted molar refractivity (Wildman–Crippen MR) is 79.1 cm³/mol. The number of ether oxygens (including phenoxy) is 1. The number of rotatable bonds is 6. The first-order chi connectivity index (χ1) is 10.3. The summed E-state index contributed by atoms with van der Waals surface area (Å²) in [5, 5.41) is 11.6. The summed E-state index contributed by atoms with van der Waals surface area (Å²) < 4.78 is 5.35. The zero-order valence-corrected chi connectivity index (χ0v) is 11.6. The Morgan fingerprint density at radius 1 is 1.10 bits per heavy atom. The van der Waals surface area contributed by atoms with Crippen molar-refractivity contribution in [2.45, 2.75) is 13.2 Å². The Morgan fingerprint density at radius 2 is 1.86 bits per heavy atom. The molecule has 0 saturated heterocycles. The van der Waals surface area contributed by atoms with Crippen LogP contribution in [0, 0.1) is 11.3 Å². The summed E-state index contributed by atoms with van der Waals surface area (Å²) >= 11 is 0. The molecule has 4 nitrogen and oxygen atoms in total. The third kappa shape index (κ3) is 5.09. The molecule has 4 heteroatoms. The molecule has 0 atom stereocenters. The van der Waals surface area contributed by atoms with Crippen molar-refractivity contribution >= 4 is 5.91 Å². The van der Waals surface area contributed by atoms with Gasteiger partial charge in [-0.2, -0.15) is 5.26 Å². The van der Waals surface area contributed by atoms with Gasteiger partial charge >= 0.3 is 0 Å². The SMILES string of the molecule is N#Cc1cccc(CNC(=O)COCc2ccccc2)c1. The molecule has 1 amide bonds. The molecule has 0 aromatic heterocycles. The van der Waals surface area contributed by atoms with Crippen LogP contribution in [-0.4, -0.2) is 12.5 Å². The van der Waals surface area contributed by atoms with Crippen LogP contribution in [-0.2, 0) is 22.7 Å². The van der Waals surface area contributed by atoms with Gasteiger partial charge in [-0.15, -0.1) is 0 Å². The van der Waals surface area contributed by atoms with Gasteiger partial charge in [0.15, 0.2) is 0 Å². The summed E-state index contributed by atoms with van der Waals surface area (Å²) in [5.74, 6) is -0.173. The molecule has 106 valence electrons. The third-order valence-electron chi connectivity index (χ3n) is 2.89. The van der Waals surface area contributed by atoms with Gasteiger partial charge < -0.3 is 10.1 Å². The van der Waals surface area contributed by atoms with Gasteiger partial charge in [-0.25, -0.2) is 0 Å². The molecule has 0 aliphatic heterocycles. The Morgan fingerprint density at radius 3 is 2.62 bits per heavy atom. The van der Waals surface area contributed by atoms with Crippen LogP contribution in [0.15, 0.2) is 54.6 Å². The Hall–Kier alpha value is -2.64. The van der Waals surface area contributed by atoms with Crippen molar-refractivity contribution in [3.05, 3.63) is 71.3 Å². The fourth-order valence-corrected chi connectivity index (χ4v) is 1.84. The van der Waals surface area contributed by atoms with Gasteiger partial charge in [0.1, 0.15) is 6.61 Å². The minimum Gasteiger partial charge on any atom is -0.367 e. The Labute approximate surface area is 124 Å². The predicted octanol–water partition coefficient (Wildman–Crippen LogP) is 2.39. The topological polar surface area (TPSA) is 62.1 Å². The van der Waals surface area contributed by atoms with Crippen LogP contribution >= 0.6 is 0 Å². The second kappa shape index (κ2) is 7.83. The van der Waals surface area contributed by atoms with Gasteiger partial charge in [-0.05, 0) is 23.3 Å². The highest BCUT2D eigenvalue weighted by molar-refractivity contribution is 5.77. The molecular weight excluding hydrogens is 264 g/mol. The quantitative estimate of drug-likeness (QED) is 0.883. The van der Waals surface area contributed by atoms with E-state index in [9.17, 15) is 4.79 Å². The highest BCUT2D eigenvalue weighted by Gasteiger charge is 2.02. The minimum absolute atomic E-state index is 0.0207. The number of carbonyl (C=O) groups is 1. The normalized spacial score (nSPS) is 9.86. The maximum atomic E-state index is 11.7. The smallest absolute Gasteiger partial charge is 0.246 e. The van der Waals surface area contributed by atoms with Gasteiger partial charge in [0.05, 0.1) is 18.2 Å². The van der Waals surface area contributed by atoms with Crippen LogP contribution in [0.2, 0.25) is 0 Å². The maximum absolute atomic E-state index is 11.7. The van der Waals surface area contributed by atoms with E-state index in [1.807, 2.05) is 36.4 Å². The van der Waals surface area contributed by atoms with Gasteiger partial charge in [0, 0.05) is 6.54 Å². The van der Waals surface area contributed by atoms with Gasteiger partial charge in [0.25, 0.3) is 0 Å². The molecule has 1 N–H and O–H groups in total. The number of hydrogen-bond donors (Lipinski definition) is 1. The average Bonchev–Trinajstić information content (AvgIpc) is 2.54. The Bertz CT molecular complexity index is 633. The molecule has 2 rings (SSSR count). The average molecular weight is 280 g/mol. The fourth-order valence-electron chi connectivity index (χ4n) is 1.84. The summed E-state index contributed by atoms with van der Waals surface area (Å²) in [7, 11) is 0. The van der Waals surface area contributed by atoms with E-state index in [2.05, 4.69) is 11.4 Å². The number of carbonyl (C=O) groups excluding carboxylic acids is 1. The standard InChI is InChI=1S/C17H16N2O2/c18-10-15-7-4-8-16(9-15)11-19-17(20)13-21-12-14-5-2-1-3-6-14/h1-9H,11-13H2,(H,19,20). The van der Waals surface area contributed by atoms with Crippen molar-refractivity contribution in [3.8, 4) is 6.07 Å². The maximum Gasteiger partial charge on any atom is 0.246 e. The summed E-state index contributed by atoms with van der Waals surface area (Å²) in [6, 6.07) is 18.9. The molecule has 0 unspecified atom stereocenters. The summed E-state index contributed by atoms with van der Waals surface area (Å²) in [4.78, 5) is 11.7. The summed E-state index contributed by atoms with van der Waals surface area (Å²) in [5.41, 5.74) is 2.51. The number of amides is 1. The summed E-state index contributed by atoms with van der Waals surface area (Å²) in [6.45, 7) is 0.827. The molecule has 0 aliphatic carbocycles. The van der Waals surface area contributed by atoms with Gasteiger partial charge in [0.2, 0.25) is 5.91 Å².